The Labute approximate surface area is 100 Å². The van der Waals surface area contributed by atoms with E-state index in [1.165, 1.54) is 5.57 Å². The van der Waals surface area contributed by atoms with Crippen molar-refractivity contribution >= 4 is 10.4 Å². The normalized spacial score (nSPS) is 35.2. The second-order valence-corrected chi connectivity index (χ2v) is 5.19. The Hall–Kier alpha value is -0.510. The van der Waals surface area contributed by atoms with Crippen LogP contribution in [0.5, 0.6) is 0 Å². The Morgan fingerprint density at radius 3 is 2.12 bits per heavy atom. The highest BCUT2D eigenvalue weighted by Gasteiger charge is 2.56. The first-order chi connectivity index (χ1) is 7.75. The molecule has 0 radical (unpaired) electrons. The number of hydrogen-bond donors (Lipinski definition) is 4. The SMILES string of the molecule is CNC1(C2=CC(O)C2)CC1O.COS(=O)(=O)O. The van der Waals surface area contributed by atoms with E-state index in [0.29, 0.717) is 0 Å². The minimum Gasteiger partial charge on any atom is -0.391 e. The number of aliphatic hydroxyl groups is 2. The second-order valence-electron chi connectivity index (χ2n) is 4.00. The molecule has 0 bridgehead atoms. The standard InChI is InChI=1S/C8H13NO2.CH4O4S/c1-9-8(4-7(8)11)5-2-6(10)3-5;1-5-6(2,3)4/h2,6-7,9-11H,3-4H2,1H3;1H3,(H,2,3,4). The first-order valence-corrected chi connectivity index (χ1v) is 6.41. The van der Waals surface area contributed by atoms with E-state index in [2.05, 4.69) is 9.50 Å². The summed E-state index contributed by atoms with van der Waals surface area (Å²) in [6, 6.07) is 0. The maximum Gasteiger partial charge on any atom is 0.397 e. The van der Waals surface area contributed by atoms with Gasteiger partial charge in [0.15, 0.2) is 0 Å². The van der Waals surface area contributed by atoms with Crippen molar-refractivity contribution in [1.82, 2.24) is 5.32 Å². The molecule has 2 aliphatic rings. The first kappa shape index (κ1) is 14.6. The van der Waals surface area contributed by atoms with Gasteiger partial charge in [-0.2, -0.15) is 8.42 Å². The lowest BCUT2D eigenvalue weighted by Gasteiger charge is -2.28. The van der Waals surface area contributed by atoms with Gasteiger partial charge >= 0.3 is 10.4 Å². The van der Waals surface area contributed by atoms with Crippen molar-refractivity contribution in [3.63, 3.8) is 0 Å². The highest BCUT2D eigenvalue weighted by molar-refractivity contribution is 7.80. The molecule has 0 amide bonds. The maximum absolute atomic E-state index is 9.33. The summed E-state index contributed by atoms with van der Waals surface area (Å²) >= 11 is 0. The first-order valence-electron chi connectivity index (χ1n) is 5.04. The van der Waals surface area contributed by atoms with Crippen LogP contribution in [0.3, 0.4) is 0 Å². The monoisotopic (exact) mass is 267 g/mol. The zero-order valence-corrected chi connectivity index (χ0v) is 10.4. The third-order valence-corrected chi connectivity index (χ3v) is 3.40. The van der Waals surface area contributed by atoms with Crippen molar-refractivity contribution in [2.45, 2.75) is 30.6 Å². The molecule has 1 saturated carbocycles. The van der Waals surface area contributed by atoms with E-state index in [-0.39, 0.29) is 17.7 Å². The molecule has 2 aliphatic carbocycles. The highest BCUT2D eigenvalue weighted by Crippen LogP contribution is 2.47. The van der Waals surface area contributed by atoms with Crippen molar-refractivity contribution in [3.05, 3.63) is 11.6 Å². The van der Waals surface area contributed by atoms with Crippen LogP contribution in [0, 0.1) is 0 Å². The fraction of sp³-hybridized carbons (Fsp3) is 0.778. The smallest absolute Gasteiger partial charge is 0.391 e. The van der Waals surface area contributed by atoms with Gasteiger partial charge < -0.3 is 15.5 Å². The van der Waals surface area contributed by atoms with Crippen LogP contribution in [0.15, 0.2) is 11.6 Å². The van der Waals surface area contributed by atoms with E-state index in [4.69, 9.17) is 9.66 Å². The van der Waals surface area contributed by atoms with Crippen molar-refractivity contribution in [3.8, 4) is 0 Å². The molecule has 0 aromatic heterocycles. The van der Waals surface area contributed by atoms with Crippen molar-refractivity contribution < 1.29 is 27.4 Å². The van der Waals surface area contributed by atoms with Gasteiger partial charge in [0.25, 0.3) is 0 Å². The molecular formula is C9H17NO6S. The third kappa shape index (κ3) is 3.47. The van der Waals surface area contributed by atoms with Crippen LogP contribution in [0.4, 0.5) is 0 Å². The van der Waals surface area contributed by atoms with Crippen LogP contribution in [-0.4, -0.2) is 55.1 Å². The summed E-state index contributed by atoms with van der Waals surface area (Å²) in [6.45, 7) is 0. The summed E-state index contributed by atoms with van der Waals surface area (Å²) in [6.07, 6.45) is 2.82. The van der Waals surface area contributed by atoms with Crippen LogP contribution in [-0.2, 0) is 14.6 Å². The van der Waals surface area contributed by atoms with E-state index in [1.807, 2.05) is 13.1 Å². The molecule has 0 aromatic carbocycles. The van der Waals surface area contributed by atoms with E-state index >= 15 is 0 Å². The summed E-state index contributed by atoms with van der Waals surface area (Å²) in [7, 11) is -1.44. The molecule has 3 unspecified atom stereocenters. The summed E-state index contributed by atoms with van der Waals surface area (Å²) in [5, 5.41) is 21.4. The lowest BCUT2D eigenvalue weighted by molar-refractivity contribution is 0.185. The van der Waals surface area contributed by atoms with Crippen LogP contribution < -0.4 is 5.32 Å². The topological polar surface area (TPSA) is 116 Å². The molecular weight excluding hydrogens is 250 g/mol. The summed E-state index contributed by atoms with van der Waals surface area (Å²) in [5.74, 6) is 0. The number of rotatable bonds is 3. The van der Waals surface area contributed by atoms with Crippen LogP contribution in [0.25, 0.3) is 0 Å². The molecule has 0 spiro atoms. The number of aliphatic hydroxyl groups excluding tert-OH is 2. The molecule has 100 valence electrons. The molecule has 7 nitrogen and oxygen atoms in total. The Kier molecular flexibility index (Phi) is 4.28. The summed E-state index contributed by atoms with van der Waals surface area (Å²) in [4.78, 5) is 0. The van der Waals surface area contributed by atoms with Gasteiger partial charge in [0, 0.05) is 0 Å². The zero-order valence-electron chi connectivity index (χ0n) is 9.62. The number of likely N-dealkylation sites (N-methyl/N-ethyl adjacent to an activating group) is 1. The zero-order chi connectivity index (χ0) is 13.3. The average molecular weight is 267 g/mol. The van der Waals surface area contributed by atoms with Crippen molar-refractivity contribution in [1.29, 1.82) is 0 Å². The molecule has 3 atom stereocenters. The third-order valence-electron chi connectivity index (χ3n) is 2.98. The predicted molar refractivity (Wildman–Crippen MR) is 59.7 cm³/mol. The quantitative estimate of drug-likeness (QED) is 0.376. The molecule has 0 saturated heterocycles. The minimum absolute atomic E-state index is 0.167. The van der Waals surface area contributed by atoms with E-state index < -0.39 is 10.4 Å². The highest BCUT2D eigenvalue weighted by atomic mass is 32.3. The van der Waals surface area contributed by atoms with Gasteiger partial charge in [0.1, 0.15) is 0 Å². The molecule has 17 heavy (non-hydrogen) atoms. The predicted octanol–water partition coefficient (Wildman–Crippen LogP) is -1.16. The Balaban J connectivity index is 0.000000209. The lowest BCUT2D eigenvalue weighted by Crippen LogP contribution is -2.39. The van der Waals surface area contributed by atoms with Gasteiger partial charge in [-0.25, -0.2) is 0 Å². The maximum atomic E-state index is 9.33. The number of nitrogens with one attached hydrogen (secondary N) is 1. The molecule has 2 rings (SSSR count). The molecule has 4 N–H and O–H groups in total. The van der Waals surface area contributed by atoms with E-state index in [0.717, 1.165) is 20.0 Å². The molecule has 0 aromatic rings. The molecule has 1 fully saturated rings. The Morgan fingerprint density at radius 1 is 1.53 bits per heavy atom. The van der Waals surface area contributed by atoms with Crippen molar-refractivity contribution in [2.24, 2.45) is 0 Å². The van der Waals surface area contributed by atoms with Gasteiger partial charge in [-0.3, -0.25) is 8.74 Å². The lowest BCUT2D eigenvalue weighted by atomic mass is 9.87. The molecule has 8 heteroatoms. The van der Waals surface area contributed by atoms with Gasteiger partial charge in [0.2, 0.25) is 0 Å². The minimum atomic E-state index is -4.16. The summed E-state index contributed by atoms with van der Waals surface area (Å²) in [5.41, 5.74) is 0.999. The van der Waals surface area contributed by atoms with Gasteiger partial charge in [-0.05, 0) is 25.5 Å². The van der Waals surface area contributed by atoms with Crippen LogP contribution in [0.2, 0.25) is 0 Å². The molecule has 0 heterocycles. The number of hydrogen-bond acceptors (Lipinski definition) is 6. The van der Waals surface area contributed by atoms with Gasteiger partial charge in [0.05, 0.1) is 24.9 Å². The van der Waals surface area contributed by atoms with Crippen molar-refractivity contribution in [2.75, 3.05) is 14.2 Å². The molecule has 0 aliphatic heterocycles. The summed E-state index contributed by atoms with van der Waals surface area (Å²) < 4.78 is 29.7. The fourth-order valence-electron chi connectivity index (χ4n) is 1.78. The fourth-order valence-corrected chi connectivity index (χ4v) is 1.78. The largest absolute Gasteiger partial charge is 0.397 e. The van der Waals surface area contributed by atoms with Crippen LogP contribution >= 0.6 is 0 Å². The average Bonchev–Trinajstić information content (AvgIpc) is 2.86. The van der Waals surface area contributed by atoms with Gasteiger partial charge in [-0.15, -0.1) is 0 Å². The Bertz CT molecular complexity index is 402. The van der Waals surface area contributed by atoms with E-state index in [1.54, 1.807) is 0 Å². The second kappa shape index (κ2) is 5.01. The Morgan fingerprint density at radius 2 is 1.94 bits per heavy atom. The van der Waals surface area contributed by atoms with E-state index in [9.17, 15) is 13.5 Å². The van der Waals surface area contributed by atoms with Gasteiger partial charge in [-0.1, -0.05) is 6.08 Å². The van der Waals surface area contributed by atoms with Crippen LogP contribution in [0.1, 0.15) is 12.8 Å².